The number of carbonyl (C=O) groups excluding carboxylic acids is 2. The highest BCUT2D eigenvalue weighted by atomic mass is 16.3. The van der Waals surface area contributed by atoms with Crippen LogP contribution >= 0.6 is 0 Å². The Morgan fingerprint density at radius 1 is 1.40 bits per heavy atom. The van der Waals surface area contributed by atoms with E-state index in [2.05, 4.69) is 10.3 Å². The first-order valence-corrected chi connectivity index (χ1v) is 9.38. The Bertz CT molecular complexity index is 1130. The van der Waals surface area contributed by atoms with Crippen LogP contribution in [0, 0.1) is 6.92 Å². The van der Waals surface area contributed by atoms with Gasteiger partial charge in [-0.2, -0.15) is 0 Å². The van der Waals surface area contributed by atoms with E-state index in [1.165, 1.54) is 6.08 Å². The third-order valence-electron chi connectivity index (χ3n) is 5.12. The third-order valence-corrected chi connectivity index (χ3v) is 5.12. The lowest BCUT2D eigenvalue weighted by molar-refractivity contribution is -0.125. The molecule has 7 nitrogen and oxygen atoms in total. The summed E-state index contributed by atoms with van der Waals surface area (Å²) in [5, 5.41) is 3.74. The molecule has 30 heavy (non-hydrogen) atoms. The van der Waals surface area contributed by atoms with E-state index in [4.69, 9.17) is 10.2 Å². The fourth-order valence-electron chi connectivity index (χ4n) is 3.39. The molecule has 1 atom stereocenters. The first kappa shape index (κ1) is 21.3. The van der Waals surface area contributed by atoms with Crippen molar-refractivity contribution in [3.05, 3.63) is 65.1 Å². The van der Waals surface area contributed by atoms with Crippen molar-refractivity contribution < 1.29 is 14.0 Å². The van der Waals surface area contributed by atoms with Gasteiger partial charge in [-0.05, 0) is 36.3 Å². The zero-order valence-corrected chi connectivity index (χ0v) is 16.3. The Labute approximate surface area is 175 Å². The highest BCUT2D eigenvalue weighted by molar-refractivity contribution is 5.97. The summed E-state index contributed by atoms with van der Waals surface area (Å²) in [5.41, 5.74) is 9.29. The van der Waals surface area contributed by atoms with Gasteiger partial charge in [0.05, 0.1) is 12.6 Å². The molecule has 156 valence electrons. The van der Waals surface area contributed by atoms with Crippen molar-refractivity contribution >= 4 is 34.7 Å². The maximum atomic E-state index is 12.5. The number of nitrogens with one attached hydrogen (secondary N) is 1. The fraction of sp³-hybridized carbons (Fsp3) is 0.261. The second kappa shape index (κ2) is 8.51. The Morgan fingerprint density at radius 2 is 2.17 bits per heavy atom. The van der Waals surface area contributed by atoms with Crippen molar-refractivity contribution in [3.63, 3.8) is 0 Å². The summed E-state index contributed by atoms with van der Waals surface area (Å²) >= 11 is 0. The molecule has 1 aliphatic heterocycles. The van der Waals surface area contributed by atoms with Gasteiger partial charge < -0.3 is 20.4 Å². The largest absolute Gasteiger partial charge is 0.459 e. The minimum absolute atomic E-state index is 0. The summed E-state index contributed by atoms with van der Waals surface area (Å²) in [6, 6.07) is 9.13. The molecule has 7 heteroatoms. The molecule has 0 saturated carbocycles. The second-order valence-corrected chi connectivity index (χ2v) is 7.25. The van der Waals surface area contributed by atoms with Crippen molar-refractivity contribution in [1.82, 2.24) is 9.88 Å². The van der Waals surface area contributed by atoms with Gasteiger partial charge in [0.1, 0.15) is 17.2 Å². The molecule has 0 bridgehead atoms. The van der Waals surface area contributed by atoms with E-state index in [0.29, 0.717) is 18.8 Å². The van der Waals surface area contributed by atoms with Crippen LogP contribution in [0.15, 0.2) is 47.0 Å². The van der Waals surface area contributed by atoms with Crippen LogP contribution in [0.3, 0.4) is 0 Å². The highest BCUT2D eigenvalue weighted by Crippen LogP contribution is 2.26. The number of benzene rings is 1. The normalized spacial score (nSPS) is 15.6. The summed E-state index contributed by atoms with van der Waals surface area (Å²) in [6.45, 7) is 2.38. The molecule has 0 spiro atoms. The topological polar surface area (TPSA) is 101 Å². The number of hydrogen-bond acceptors (Lipinski definition) is 5. The number of fused-ring (bicyclic) bond motifs is 2. The smallest absolute Gasteiger partial charge is 0.246 e. The van der Waals surface area contributed by atoms with E-state index in [0.717, 1.165) is 33.4 Å². The fourth-order valence-corrected chi connectivity index (χ4v) is 3.39. The van der Waals surface area contributed by atoms with Crippen molar-refractivity contribution in [2.24, 2.45) is 5.73 Å². The van der Waals surface area contributed by atoms with Gasteiger partial charge in [-0.3, -0.25) is 9.59 Å². The number of furan rings is 1. The van der Waals surface area contributed by atoms with E-state index < -0.39 is 6.04 Å². The predicted octanol–water partition coefficient (Wildman–Crippen LogP) is 3.27. The summed E-state index contributed by atoms with van der Waals surface area (Å²) in [4.78, 5) is 30.0. The maximum absolute atomic E-state index is 12.5. The van der Waals surface area contributed by atoms with Crippen LogP contribution in [0.5, 0.6) is 0 Å². The summed E-state index contributed by atoms with van der Waals surface area (Å²) < 4.78 is 5.89. The molecular formula is C23H26N4O3. The Balaban J connectivity index is 0.00000256. The molecule has 1 aliphatic rings. The average molecular weight is 406 g/mol. The number of aromatic nitrogens is 1. The van der Waals surface area contributed by atoms with Gasteiger partial charge >= 0.3 is 0 Å². The molecule has 3 N–H and O–H groups in total. The van der Waals surface area contributed by atoms with Crippen LogP contribution in [0.1, 0.15) is 29.9 Å². The number of pyridine rings is 1. The third kappa shape index (κ3) is 4.11. The molecule has 2 amide bonds. The molecule has 3 aromatic rings. The van der Waals surface area contributed by atoms with E-state index in [1.54, 1.807) is 24.2 Å². The van der Waals surface area contributed by atoms with Gasteiger partial charge in [0, 0.05) is 36.7 Å². The second-order valence-electron chi connectivity index (χ2n) is 7.25. The van der Waals surface area contributed by atoms with Gasteiger partial charge in [0.25, 0.3) is 0 Å². The Hall–Kier alpha value is -3.45. The quantitative estimate of drug-likeness (QED) is 0.648. The van der Waals surface area contributed by atoms with Crippen molar-refractivity contribution in [3.8, 4) is 0 Å². The molecule has 0 saturated heterocycles. The number of carbonyl (C=O) groups is 2. The molecule has 4 rings (SSSR count). The number of amides is 2. The summed E-state index contributed by atoms with van der Waals surface area (Å²) in [6.07, 6.45) is 5.25. The predicted molar refractivity (Wildman–Crippen MR) is 118 cm³/mol. The summed E-state index contributed by atoms with van der Waals surface area (Å²) in [7, 11) is 1.74. The summed E-state index contributed by atoms with van der Waals surface area (Å²) in [5.74, 6) is 0.923. The molecule has 0 radical (unpaired) electrons. The zero-order chi connectivity index (χ0) is 20.5. The molecule has 0 fully saturated rings. The standard InChI is InChI=1S/C22H22N4O3.CH4/c1-13-16-5-3-4-6-18(16)29-19(13)12-26(2)20(27)8-7-14-9-15-10-17(23)22(28)25-21(15)24-11-14;/h3-9,11,17H,10,12,23H2,1-2H3,(H,24,25,28);1H4/b8-7+;. The van der Waals surface area contributed by atoms with Gasteiger partial charge in [-0.15, -0.1) is 0 Å². The van der Waals surface area contributed by atoms with Gasteiger partial charge in [-0.25, -0.2) is 4.98 Å². The van der Waals surface area contributed by atoms with Crippen LogP contribution in [-0.2, 0) is 22.6 Å². The van der Waals surface area contributed by atoms with E-state index in [9.17, 15) is 9.59 Å². The van der Waals surface area contributed by atoms with Crippen molar-refractivity contribution in [1.29, 1.82) is 0 Å². The monoisotopic (exact) mass is 406 g/mol. The number of nitrogens with zero attached hydrogens (tertiary/aromatic N) is 2. The minimum atomic E-state index is -0.580. The average Bonchev–Trinajstić information content (AvgIpc) is 3.02. The molecule has 1 aromatic carbocycles. The van der Waals surface area contributed by atoms with Crippen molar-refractivity contribution in [2.75, 3.05) is 12.4 Å². The lowest BCUT2D eigenvalue weighted by Crippen LogP contribution is -2.41. The number of anilines is 1. The Kier molecular flexibility index (Phi) is 6.03. The number of nitrogens with two attached hydrogens (primary N) is 1. The molecule has 1 unspecified atom stereocenters. The number of likely N-dealkylation sites (N-methyl/N-ethyl adjacent to an activating group) is 1. The van der Waals surface area contributed by atoms with E-state index in [-0.39, 0.29) is 19.2 Å². The number of para-hydroxylation sites is 1. The van der Waals surface area contributed by atoms with E-state index in [1.807, 2.05) is 37.3 Å². The van der Waals surface area contributed by atoms with Crippen LogP contribution in [0.2, 0.25) is 0 Å². The zero-order valence-electron chi connectivity index (χ0n) is 16.3. The van der Waals surface area contributed by atoms with Crippen LogP contribution in [0.4, 0.5) is 5.82 Å². The van der Waals surface area contributed by atoms with Crippen LogP contribution in [0.25, 0.3) is 17.0 Å². The SMILES string of the molecule is C.Cc1c(CN(C)C(=O)/C=C/c2cnc3c(c2)CC(N)C(=O)N3)oc2ccccc12. The molecular weight excluding hydrogens is 380 g/mol. The molecule has 2 aromatic heterocycles. The minimum Gasteiger partial charge on any atom is -0.459 e. The highest BCUT2D eigenvalue weighted by Gasteiger charge is 2.23. The van der Waals surface area contributed by atoms with E-state index >= 15 is 0 Å². The Morgan fingerprint density at radius 3 is 2.93 bits per heavy atom. The number of hydrogen-bond donors (Lipinski definition) is 2. The number of aryl methyl sites for hydroxylation is 1. The lowest BCUT2D eigenvalue weighted by atomic mass is 10.0. The van der Waals surface area contributed by atoms with Gasteiger partial charge in [-0.1, -0.05) is 25.6 Å². The van der Waals surface area contributed by atoms with Gasteiger partial charge in [0.2, 0.25) is 11.8 Å². The van der Waals surface area contributed by atoms with Crippen LogP contribution in [-0.4, -0.2) is 34.8 Å². The van der Waals surface area contributed by atoms with Gasteiger partial charge in [0.15, 0.2) is 0 Å². The maximum Gasteiger partial charge on any atom is 0.246 e. The first-order valence-electron chi connectivity index (χ1n) is 9.38. The van der Waals surface area contributed by atoms with Crippen LogP contribution < -0.4 is 11.1 Å². The molecule has 0 aliphatic carbocycles. The first-order chi connectivity index (χ1) is 13.9. The molecule has 3 heterocycles. The lowest BCUT2D eigenvalue weighted by Gasteiger charge is -2.20. The van der Waals surface area contributed by atoms with Crippen molar-refractivity contribution in [2.45, 2.75) is 33.4 Å². The number of rotatable bonds is 4.